The van der Waals surface area contributed by atoms with Crippen molar-refractivity contribution in [2.24, 2.45) is 5.41 Å². The lowest BCUT2D eigenvalue weighted by Gasteiger charge is -2.27. The zero-order chi connectivity index (χ0) is 14.2. The molecule has 1 unspecified atom stereocenters. The molecule has 1 aromatic carbocycles. The van der Waals surface area contributed by atoms with Crippen LogP contribution in [-0.4, -0.2) is 10.1 Å². The van der Waals surface area contributed by atoms with Gasteiger partial charge in [-0.2, -0.15) is 5.26 Å². The molecule has 0 spiro atoms. The smallest absolute Gasteiger partial charge is 0.0997 e. The van der Waals surface area contributed by atoms with Gasteiger partial charge in [-0.25, -0.2) is 0 Å². The molecule has 0 radical (unpaired) electrons. The van der Waals surface area contributed by atoms with Crippen LogP contribution in [0.25, 0.3) is 10.9 Å². The minimum atomic E-state index is -0.777. The minimum absolute atomic E-state index is 0.654. The lowest BCUT2D eigenvalue weighted by Crippen LogP contribution is -2.24. The minimum Gasteiger partial charge on any atom is -0.387 e. The highest BCUT2D eigenvalue weighted by Gasteiger charge is 2.42. The van der Waals surface area contributed by atoms with Crippen LogP contribution in [0.5, 0.6) is 0 Å². The molecule has 4 heteroatoms. The van der Waals surface area contributed by atoms with Gasteiger partial charge >= 0.3 is 0 Å². The van der Waals surface area contributed by atoms with Crippen LogP contribution in [0.1, 0.15) is 37.4 Å². The Bertz CT molecular complexity index is 686. The third-order valence-corrected chi connectivity index (χ3v) is 4.98. The van der Waals surface area contributed by atoms with Gasteiger partial charge < -0.3 is 5.11 Å². The lowest BCUT2D eigenvalue weighted by molar-refractivity contribution is 0.0682. The van der Waals surface area contributed by atoms with E-state index in [1.165, 1.54) is 0 Å². The summed E-state index contributed by atoms with van der Waals surface area (Å²) in [5.74, 6) is 0. The highest BCUT2D eigenvalue weighted by molar-refractivity contribution is 9.10. The van der Waals surface area contributed by atoms with Crippen molar-refractivity contribution in [2.45, 2.75) is 31.8 Å². The summed E-state index contributed by atoms with van der Waals surface area (Å²) in [6.45, 7) is 0. The fourth-order valence-electron chi connectivity index (χ4n) is 3.13. The SMILES string of the molecule is N#CC1(C(O)c2ccc(Br)c3cccnc23)CCCC1. The largest absolute Gasteiger partial charge is 0.387 e. The third-order valence-electron chi connectivity index (χ3n) is 4.28. The van der Waals surface area contributed by atoms with Gasteiger partial charge in [-0.3, -0.25) is 4.98 Å². The number of halogens is 1. The van der Waals surface area contributed by atoms with Crippen LogP contribution in [-0.2, 0) is 0 Å². The molecule has 0 aliphatic heterocycles. The summed E-state index contributed by atoms with van der Waals surface area (Å²) in [5.41, 5.74) is 0.876. The predicted molar refractivity (Wildman–Crippen MR) is 80.9 cm³/mol. The van der Waals surface area contributed by atoms with Crippen molar-refractivity contribution in [1.82, 2.24) is 4.98 Å². The fourth-order valence-corrected chi connectivity index (χ4v) is 3.58. The number of rotatable bonds is 2. The molecule has 1 N–H and O–H groups in total. The zero-order valence-corrected chi connectivity index (χ0v) is 12.6. The van der Waals surface area contributed by atoms with Crippen molar-refractivity contribution in [3.8, 4) is 6.07 Å². The Labute approximate surface area is 126 Å². The molecule has 1 heterocycles. The summed E-state index contributed by atoms with van der Waals surface area (Å²) in [6, 6.07) is 10.0. The molecule has 1 aliphatic rings. The maximum atomic E-state index is 10.8. The molecular weight excluding hydrogens is 316 g/mol. The van der Waals surface area contributed by atoms with Crippen LogP contribution >= 0.6 is 15.9 Å². The van der Waals surface area contributed by atoms with Crippen molar-refractivity contribution in [2.75, 3.05) is 0 Å². The number of nitriles is 1. The van der Waals surface area contributed by atoms with Gasteiger partial charge in [0.1, 0.15) is 0 Å². The maximum absolute atomic E-state index is 10.8. The summed E-state index contributed by atoms with van der Waals surface area (Å²) in [5, 5.41) is 21.3. The van der Waals surface area contributed by atoms with Crippen LogP contribution in [0.3, 0.4) is 0 Å². The van der Waals surface area contributed by atoms with E-state index in [1.54, 1.807) is 6.20 Å². The summed E-state index contributed by atoms with van der Waals surface area (Å²) >= 11 is 3.51. The molecule has 2 aromatic rings. The molecule has 1 aromatic heterocycles. The van der Waals surface area contributed by atoms with E-state index in [2.05, 4.69) is 27.0 Å². The van der Waals surface area contributed by atoms with E-state index in [9.17, 15) is 10.4 Å². The van der Waals surface area contributed by atoms with Gasteiger partial charge in [0.2, 0.25) is 0 Å². The van der Waals surface area contributed by atoms with E-state index in [0.29, 0.717) is 0 Å². The first kappa shape index (κ1) is 13.5. The Balaban J connectivity index is 2.15. The second kappa shape index (κ2) is 5.16. The van der Waals surface area contributed by atoms with Gasteiger partial charge in [-0.1, -0.05) is 40.9 Å². The van der Waals surface area contributed by atoms with Crippen LogP contribution in [0.4, 0.5) is 0 Å². The van der Waals surface area contributed by atoms with Crippen molar-refractivity contribution in [1.29, 1.82) is 5.26 Å². The van der Waals surface area contributed by atoms with Gasteiger partial charge in [-0.15, -0.1) is 0 Å². The van der Waals surface area contributed by atoms with Crippen LogP contribution < -0.4 is 0 Å². The molecular formula is C16H15BrN2O. The van der Waals surface area contributed by atoms with E-state index in [1.807, 2.05) is 24.3 Å². The maximum Gasteiger partial charge on any atom is 0.0997 e. The summed E-state index contributed by atoms with van der Waals surface area (Å²) in [4.78, 5) is 4.40. The molecule has 1 atom stereocenters. The predicted octanol–water partition coefficient (Wildman–Crippen LogP) is 4.11. The monoisotopic (exact) mass is 330 g/mol. The highest BCUT2D eigenvalue weighted by atomic mass is 79.9. The molecule has 0 saturated heterocycles. The summed E-state index contributed by atoms with van der Waals surface area (Å²) in [7, 11) is 0. The van der Waals surface area contributed by atoms with Gasteiger partial charge in [0.25, 0.3) is 0 Å². The molecule has 3 rings (SSSR count). The van der Waals surface area contributed by atoms with Gasteiger partial charge in [0.15, 0.2) is 0 Å². The highest BCUT2D eigenvalue weighted by Crippen LogP contribution is 2.48. The van der Waals surface area contributed by atoms with Crippen LogP contribution in [0, 0.1) is 16.7 Å². The van der Waals surface area contributed by atoms with Crippen molar-refractivity contribution < 1.29 is 5.11 Å². The molecule has 1 fully saturated rings. The standard InChI is InChI=1S/C16H15BrN2O/c17-13-6-5-12(14-11(13)4-3-9-19-14)15(20)16(10-18)7-1-2-8-16/h3-6,9,15,20H,1-2,7-8H2. The average molecular weight is 331 g/mol. The molecule has 3 nitrogen and oxygen atoms in total. The van der Waals surface area contributed by atoms with E-state index in [-0.39, 0.29) is 0 Å². The Morgan fingerprint density at radius 2 is 2.05 bits per heavy atom. The van der Waals surface area contributed by atoms with Gasteiger partial charge in [0.05, 0.1) is 23.1 Å². The molecule has 0 amide bonds. The number of benzene rings is 1. The second-order valence-corrected chi connectivity index (χ2v) is 6.27. The molecule has 20 heavy (non-hydrogen) atoms. The van der Waals surface area contributed by atoms with Crippen LogP contribution in [0.2, 0.25) is 0 Å². The first-order valence-electron chi connectivity index (χ1n) is 6.80. The Morgan fingerprint density at radius 1 is 1.30 bits per heavy atom. The van der Waals surface area contributed by atoms with E-state index in [4.69, 9.17) is 0 Å². The Hall–Kier alpha value is -1.44. The van der Waals surface area contributed by atoms with E-state index < -0.39 is 11.5 Å². The Kier molecular flexibility index (Phi) is 3.49. The first-order chi connectivity index (χ1) is 9.68. The molecule has 0 bridgehead atoms. The van der Waals surface area contributed by atoms with E-state index >= 15 is 0 Å². The van der Waals surface area contributed by atoms with Crippen molar-refractivity contribution in [3.63, 3.8) is 0 Å². The van der Waals surface area contributed by atoms with Gasteiger partial charge in [0, 0.05) is 21.6 Å². The van der Waals surface area contributed by atoms with E-state index in [0.717, 1.165) is 46.6 Å². The number of nitrogens with zero attached hydrogens (tertiary/aromatic N) is 2. The topological polar surface area (TPSA) is 56.9 Å². The lowest BCUT2D eigenvalue weighted by atomic mass is 9.78. The number of aliphatic hydroxyl groups excluding tert-OH is 1. The average Bonchev–Trinajstić information content (AvgIpc) is 2.97. The van der Waals surface area contributed by atoms with Crippen molar-refractivity contribution >= 4 is 26.8 Å². The third kappa shape index (κ3) is 2.02. The summed E-state index contributed by atoms with van der Waals surface area (Å²) < 4.78 is 0.953. The van der Waals surface area contributed by atoms with Gasteiger partial charge in [-0.05, 0) is 25.0 Å². The zero-order valence-electron chi connectivity index (χ0n) is 11.0. The summed E-state index contributed by atoms with van der Waals surface area (Å²) in [6.07, 6.45) is 4.47. The number of aromatic nitrogens is 1. The van der Waals surface area contributed by atoms with Crippen molar-refractivity contribution in [3.05, 3.63) is 40.5 Å². The normalized spacial score (nSPS) is 18.9. The number of pyridine rings is 1. The molecule has 1 saturated carbocycles. The fraction of sp³-hybridized carbons (Fsp3) is 0.375. The first-order valence-corrected chi connectivity index (χ1v) is 7.60. The quantitative estimate of drug-likeness (QED) is 0.901. The number of fused-ring (bicyclic) bond motifs is 1. The molecule has 1 aliphatic carbocycles. The number of aliphatic hydroxyl groups is 1. The Morgan fingerprint density at radius 3 is 2.75 bits per heavy atom. The number of hydrogen-bond acceptors (Lipinski definition) is 3. The molecule has 102 valence electrons. The second-order valence-electron chi connectivity index (χ2n) is 5.41. The van der Waals surface area contributed by atoms with Crippen LogP contribution in [0.15, 0.2) is 34.9 Å². The number of hydrogen-bond donors (Lipinski definition) is 1.